The zero-order chi connectivity index (χ0) is 23.2. The maximum atomic E-state index is 14.7. The maximum absolute atomic E-state index is 14.7. The summed E-state index contributed by atoms with van der Waals surface area (Å²) in [5.41, 5.74) is 0.0501. The summed E-state index contributed by atoms with van der Waals surface area (Å²) in [6.07, 6.45) is 4.45. The molecule has 3 unspecified atom stereocenters. The molecule has 2 bridgehead atoms. The van der Waals surface area contributed by atoms with Crippen molar-refractivity contribution in [2.45, 2.75) is 43.9 Å². The second-order valence-corrected chi connectivity index (χ2v) is 8.35. The molecule has 6 nitrogen and oxygen atoms in total. The molecule has 2 aliphatic rings. The minimum atomic E-state index is -4.53. The van der Waals surface area contributed by atoms with Gasteiger partial charge in [-0.15, -0.1) is 0 Å². The summed E-state index contributed by atoms with van der Waals surface area (Å²) < 4.78 is 53.0. The van der Waals surface area contributed by atoms with Crippen molar-refractivity contribution in [2.24, 2.45) is 5.92 Å². The van der Waals surface area contributed by atoms with Crippen LogP contribution in [-0.4, -0.2) is 42.8 Å². The first-order valence-electron chi connectivity index (χ1n) is 10.6. The Morgan fingerprint density at radius 3 is 2.61 bits per heavy atom. The van der Waals surface area contributed by atoms with Gasteiger partial charge < -0.3 is 4.90 Å². The number of alkyl halides is 3. The Kier molecular flexibility index (Phi) is 5.30. The number of aromatic nitrogens is 4. The van der Waals surface area contributed by atoms with E-state index in [9.17, 15) is 22.4 Å². The van der Waals surface area contributed by atoms with Gasteiger partial charge in [-0.25, -0.2) is 9.37 Å². The quantitative estimate of drug-likeness (QED) is 0.546. The van der Waals surface area contributed by atoms with Crippen LogP contribution in [0.15, 0.2) is 49.2 Å². The van der Waals surface area contributed by atoms with Gasteiger partial charge in [0.2, 0.25) is 0 Å². The maximum Gasteiger partial charge on any atom is 0.434 e. The van der Waals surface area contributed by atoms with Crippen molar-refractivity contribution in [1.29, 1.82) is 0 Å². The highest BCUT2D eigenvalue weighted by Gasteiger charge is 2.49. The van der Waals surface area contributed by atoms with Crippen LogP contribution in [0.2, 0.25) is 0 Å². The molecule has 3 atom stereocenters. The van der Waals surface area contributed by atoms with E-state index >= 15 is 0 Å². The molecule has 4 heterocycles. The fourth-order valence-electron chi connectivity index (χ4n) is 5.05. The second-order valence-electron chi connectivity index (χ2n) is 8.35. The van der Waals surface area contributed by atoms with Crippen molar-refractivity contribution in [3.8, 4) is 11.3 Å². The van der Waals surface area contributed by atoms with Crippen LogP contribution in [0, 0.1) is 11.7 Å². The van der Waals surface area contributed by atoms with E-state index in [0.717, 1.165) is 31.7 Å². The van der Waals surface area contributed by atoms with E-state index in [1.807, 2.05) is 0 Å². The number of nitrogens with zero attached hydrogens (tertiary/aromatic N) is 5. The topological polar surface area (TPSA) is 71.9 Å². The lowest BCUT2D eigenvalue weighted by Gasteiger charge is -2.25. The number of amides is 1. The first-order chi connectivity index (χ1) is 15.8. The summed E-state index contributed by atoms with van der Waals surface area (Å²) in [5, 5.41) is 0. The molecule has 2 saturated heterocycles. The normalized spacial score (nSPS) is 22.1. The van der Waals surface area contributed by atoms with E-state index in [0.29, 0.717) is 12.1 Å². The molecule has 1 amide bonds. The van der Waals surface area contributed by atoms with Crippen LogP contribution in [0.25, 0.3) is 11.3 Å². The van der Waals surface area contributed by atoms with Crippen molar-refractivity contribution >= 4 is 5.91 Å². The Hall–Kier alpha value is -3.43. The number of hydrogen-bond donors (Lipinski definition) is 0. The number of benzene rings is 1. The van der Waals surface area contributed by atoms with E-state index in [1.165, 1.54) is 30.7 Å². The zero-order valence-corrected chi connectivity index (χ0v) is 17.3. The van der Waals surface area contributed by atoms with Crippen molar-refractivity contribution in [3.05, 3.63) is 72.0 Å². The number of hydrogen-bond acceptors (Lipinski definition) is 5. The zero-order valence-electron chi connectivity index (χ0n) is 17.3. The first kappa shape index (κ1) is 21.4. The van der Waals surface area contributed by atoms with Crippen LogP contribution in [0.4, 0.5) is 17.6 Å². The molecular weight excluding hydrogens is 438 g/mol. The highest BCUT2D eigenvalue weighted by Crippen LogP contribution is 2.44. The summed E-state index contributed by atoms with van der Waals surface area (Å²) >= 11 is 0. The molecule has 5 rings (SSSR count). The van der Waals surface area contributed by atoms with Crippen molar-refractivity contribution in [1.82, 2.24) is 24.8 Å². The van der Waals surface area contributed by atoms with Crippen LogP contribution in [0.3, 0.4) is 0 Å². The van der Waals surface area contributed by atoms with E-state index in [1.54, 1.807) is 11.0 Å². The van der Waals surface area contributed by atoms with Crippen molar-refractivity contribution < 1.29 is 22.4 Å². The Bertz CT molecular complexity index is 1170. The van der Waals surface area contributed by atoms with Gasteiger partial charge in [0.25, 0.3) is 5.91 Å². The smallest absolute Gasteiger partial charge is 0.332 e. The largest absolute Gasteiger partial charge is 0.434 e. The van der Waals surface area contributed by atoms with Crippen molar-refractivity contribution in [2.75, 3.05) is 0 Å². The SMILES string of the molecule is O=C(c1cccc(F)c1-c1cnccn1)N1C2CCC1C(Cc1cnc(C(F)(F)F)cn1)C2. The predicted octanol–water partition coefficient (Wildman–Crippen LogP) is 4.33. The van der Waals surface area contributed by atoms with Gasteiger partial charge in [-0.2, -0.15) is 13.2 Å². The molecule has 0 N–H and O–H groups in total. The molecule has 0 saturated carbocycles. The number of halogens is 4. The third kappa shape index (κ3) is 3.94. The molecule has 0 aliphatic carbocycles. The molecule has 170 valence electrons. The molecule has 2 aliphatic heterocycles. The summed E-state index contributed by atoms with van der Waals surface area (Å²) in [6.45, 7) is 0. The van der Waals surface area contributed by atoms with Gasteiger partial charge in [-0.1, -0.05) is 6.07 Å². The third-order valence-electron chi connectivity index (χ3n) is 6.43. The molecule has 0 radical (unpaired) electrons. The van der Waals surface area contributed by atoms with E-state index in [2.05, 4.69) is 19.9 Å². The molecule has 2 fully saturated rings. The number of carbonyl (C=O) groups excluding carboxylic acids is 1. The molecule has 1 aromatic carbocycles. The standard InChI is InChI=1S/C23H19F4N5O/c24-17-3-1-2-16(21(17)18-11-28-6-7-29-18)22(33)32-15-4-5-19(32)13(9-15)8-14-10-31-20(12-30-14)23(25,26)27/h1-3,6-7,10-13,15,19H,4-5,8-9H2. The first-order valence-corrected chi connectivity index (χ1v) is 10.6. The summed E-state index contributed by atoms with van der Waals surface area (Å²) in [4.78, 5) is 30.9. The average molecular weight is 457 g/mol. The third-order valence-corrected chi connectivity index (χ3v) is 6.43. The van der Waals surface area contributed by atoms with E-state index in [-0.39, 0.29) is 40.7 Å². The van der Waals surface area contributed by atoms with Gasteiger partial charge in [-0.3, -0.25) is 19.7 Å². The lowest BCUT2D eigenvalue weighted by molar-refractivity contribution is -0.141. The van der Waals surface area contributed by atoms with Crippen LogP contribution >= 0.6 is 0 Å². The van der Waals surface area contributed by atoms with Crippen LogP contribution < -0.4 is 0 Å². The van der Waals surface area contributed by atoms with E-state index < -0.39 is 17.7 Å². The van der Waals surface area contributed by atoms with Gasteiger partial charge in [0.15, 0.2) is 5.69 Å². The van der Waals surface area contributed by atoms with Crippen LogP contribution in [-0.2, 0) is 12.6 Å². The minimum Gasteiger partial charge on any atom is -0.332 e. The Morgan fingerprint density at radius 2 is 1.91 bits per heavy atom. The summed E-state index contributed by atoms with van der Waals surface area (Å²) in [7, 11) is 0. The number of rotatable bonds is 4. The van der Waals surface area contributed by atoms with Crippen LogP contribution in [0.1, 0.15) is 41.0 Å². The summed E-state index contributed by atoms with van der Waals surface area (Å²) in [6, 6.07) is 4.27. The van der Waals surface area contributed by atoms with Gasteiger partial charge >= 0.3 is 6.18 Å². The summed E-state index contributed by atoms with van der Waals surface area (Å²) in [5.74, 6) is -0.777. The fraction of sp³-hybridized carbons (Fsp3) is 0.348. The molecule has 2 aromatic heterocycles. The number of carbonyl (C=O) groups is 1. The lowest BCUT2D eigenvalue weighted by atomic mass is 9.86. The van der Waals surface area contributed by atoms with Gasteiger partial charge in [0.05, 0.1) is 34.9 Å². The van der Waals surface area contributed by atoms with Gasteiger partial charge in [0.1, 0.15) is 5.82 Å². The Balaban J connectivity index is 1.39. The van der Waals surface area contributed by atoms with Gasteiger partial charge in [-0.05, 0) is 43.7 Å². The predicted molar refractivity (Wildman–Crippen MR) is 109 cm³/mol. The Morgan fingerprint density at radius 1 is 1.06 bits per heavy atom. The lowest BCUT2D eigenvalue weighted by Crippen LogP contribution is -2.37. The van der Waals surface area contributed by atoms with Gasteiger partial charge in [0, 0.05) is 30.7 Å². The minimum absolute atomic E-state index is 0.00659. The second kappa shape index (κ2) is 8.17. The average Bonchev–Trinajstić information content (AvgIpc) is 3.36. The molecule has 3 aromatic rings. The fourth-order valence-corrected chi connectivity index (χ4v) is 5.05. The molecular formula is C23H19F4N5O. The van der Waals surface area contributed by atoms with Crippen molar-refractivity contribution in [3.63, 3.8) is 0 Å². The molecule has 0 spiro atoms. The molecule has 10 heteroatoms. The van der Waals surface area contributed by atoms with Crippen LogP contribution in [0.5, 0.6) is 0 Å². The molecule has 33 heavy (non-hydrogen) atoms. The van der Waals surface area contributed by atoms with E-state index in [4.69, 9.17) is 0 Å². The number of fused-ring (bicyclic) bond motifs is 2. The Labute approximate surface area is 186 Å². The monoisotopic (exact) mass is 457 g/mol. The highest BCUT2D eigenvalue weighted by atomic mass is 19.4. The highest BCUT2D eigenvalue weighted by molar-refractivity contribution is 6.01.